The molecule has 0 aliphatic carbocycles. The van der Waals surface area contributed by atoms with Gasteiger partial charge in [-0.05, 0) is 49.2 Å². The van der Waals surface area contributed by atoms with Gasteiger partial charge >= 0.3 is 5.97 Å². The third kappa shape index (κ3) is 13.6. The van der Waals surface area contributed by atoms with Gasteiger partial charge in [-0.2, -0.15) is 9.97 Å². The first-order valence-electron chi connectivity index (χ1n) is 21.7. The zero-order chi connectivity index (χ0) is 49.5. The molecule has 25 heteroatoms. The number of piperidine rings is 1. The normalized spacial score (nSPS) is 14.8. The van der Waals surface area contributed by atoms with Crippen molar-refractivity contribution >= 4 is 75.9 Å². The average Bonchev–Trinajstić information content (AvgIpc) is 3.59. The maximum atomic E-state index is 13.2. The number of carbonyl (C=O) groups excluding carboxylic acids is 8. The van der Waals surface area contributed by atoms with Crippen LogP contribution in [0.5, 0.6) is 5.75 Å². The number of imide groups is 2. The van der Waals surface area contributed by atoms with Crippen LogP contribution in [-0.4, -0.2) is 158 Å². The average molecular weight is 957 g/mol. The first-order valence-corrected chi connectivity index (χ1v) is 21.7. The van der Waals surface area contributed by atoms with Crippen LogP contribution in [0.15, 0.2) is 48.7 Å². The Morgan fingerprint density at radius 1 is 0.870 bits per heavy atom. The van der Waals surface area contributed by atoms with Gasteiger partial charge in [0.05, 0.1) is 76.3 Å². The number of amides is 7. The maximum Gasteiger partial charge on any atom is 0.328 e. The summed E-state index contributed by atoms with van der Waals surface area (Å²) in [5.74, 6) is -4.58. The molecule has 2 aliphatic rings. The Hall–Kier alpha value is -7.90. The van der Waals surface area contributed by atoms with E-state index < -0.39 is 60.1 Å². The number of rotatable bonds is 25. The molecule has 7 amide bonds. The fourth-order valence-corrected chi connectivity index (χ4v) is 7.12. The molecule has 6 rings (SSSR count). The monoisotopic (exact) mass is 956 g/mol. The van der Waals surface area contributed by atoms with Gasteiger partial charge in [0, 0.05) is 44.2 Å². The van der Waals surface area contributed by atoms with Crippen LogP contribution in [-0.2, 0) is 49.5 Å². The summed E-state index contributed by atoms with van der Waals surface area (Å²) in [6.07, 6.45) is 1.49. The van der Waals surface area contributed by atoms with E-state index in [1.165, 1.54) is 25.3 Å². The van der Waals surface area contributed by atoms with Crippen LogP contribution in [0.25, 0.3) is 11.2 Å². The van der Waals surface area contributed by atoms with Crippen molar-refractivity contribution in [2.45, 2.75) is 44.3 Å². The summed E-state index contributed by atoms with van der Waals surface area (Å²) in [7, 11) is 3.03. The van der Waals surface area contributed by atoms with Crippen molar-refractivity contribution in [3.8, 4) is 5.75 Å². The van der Waals surface area contributed by atoms with E-state index in [9.17, 15) is 38.4 Å². The van der Waals surface area contributed by atoms with E-state index in [4.69, 9.17) is 35.2 Å². The Kier molecular flexibility index (Phi) is 17.7. The van der Waals surface area contributed by atoms with E-state index in [2.05, 4.69) is 41.2 Å². The maximum absolute atomic E-state index is 13.2. The fourth-order valence-electron chi connectivity index (χ4n) is 7.12. The van der Waals surface area contributed by atoms with Crippen molar-refractivity contribution in [1.82, 2.24) is 46.1 Å². The van der Waals surface area contributed by atoms with Gasteiger partial charge in [-0.3, -0.25) is 43.8 Å². The molecular formula is C44H52N12O13. The number of benzene rings is 2. The summed E-state index contributed by atoms with van der Waals surface area (Å²) in [5, 5.41) is 10.1. The van der Waals surface area contributed by atoms with Crippen molar-refractivity contribution < 1.29 is 62.0 Å². The number of hydrogen-bond donors (Lipinski definition) is 6. The third-order valence-corrected chi connectivity index (χ3v) is 10.6. The molecule has 0 spiro atoms. The predicted molar refractivity (Wildman–Crippen MR) is 242 cm³/mol. The number of carbonyl (C=O) groups is 8. The SMILES string of the molecule is COC(=O)C(CCC(=O)NCCOCCOCCOCCNC(=O)COc1cccc2c1C(=O)N(C1CCC(=O)NC1=O)C2=O)NC(=O)c1ccc(N(C)Cc2cnc3nc(N)nc(N)c3n2)cc1. The fraction of sp³-hybridized carbons (Fsp3) is 0.409. The molecule has 69 heavy (non-hydrogen) atoms. The molecule has 366 valence electrons. The number of esters is 1. The number of ether oxygens (including phenoxy) is 5. The molecular weight excluding hydrogens is 905 g/mol. The smallest absolute Gasteiger partial charge is 0.328 e. The van der Waals surface area contributed by atoms with Gasteiger partial charge in [0.15, 0.2) is 23.6 Å². The number of nitrogens with one attached hydrogen (secondary N) is 4. The van der Waals surface area contributed by atoms with Crippen LogP contribution in [0.1, 0.15) is 62.5 Å². The van der Waals surface area contributed by atoms with E-state index in [0.29, 0.717) is 17.8 Å². The van der Waals surface area contributed by atoms with Crippen LogP contribution < -0.4 is 42.4 Å². The van der Waals surface area contributed by atoms with Gasteiger partial charge in [0.1, 0.15) is 17.8 Å². The highest BCUT2D eigenvalue weighted by atomic mass is 16.5. The van der Waals surface area contributed by atoms with Gasteiger partial charge in [0.25, 0.3) is 23.6 Å². The molecule has 4 aromatic rings. The van der Waals surface area contributed by atoms with Crippen molar-refractivity contribution in [2.24, 2.45) is 0 Å². The Morgan fingerprint density at radius 3 is 2.23 bits per heavy atom. The molecule has 0 saturated carbocycles. The van der Waals surface area contributed by atoms with Crippen molar-refractivity contribution in [2.75, 3.05) is 89.9 Å². The second kappa shape index (κ2) is 24.2. The first-order chi connectivity index (χ1) is 33.2. The summed E-state index contributed by atoms with van der Waals surface area (Å²) < 4.78 is 26.8. The second-order valence-corrected chi connectivity index (χ2v) is 15.4. The zero-order valence-corrected chi connectivity index (χ0v) is 37.8. The van der Waals surface area contributed by atoms with Gasteiger partial charge in [-0.25, -0.2) is 14.8 Å². The minimum absolute atomic E-state index is 0.00278. The van der Waals surface area contributed by atoms with Crippen molar-refractivity contribution in [3.05, 3.63) is 71.0 Å². The van der Waals surface area contributed by atoms with Gasteiger partial charge < -0.3 is 56.0 Å². The standard InChI is InChI=1S/C44H52N12O13/c1-55(23-26-22-49-38-36(50-26)37(45)53-44(46)54-38)27-8-6-25(7-9-27)39(60)51-29(43(64)65-2)10-12-32(57)47-14-16-66-18-20-68-21-19-67-17-15-48-34(59)24-69-31-5-3-4-28-35(31)42(63)56(41(28)62)30-11-13-33(58)52-40(30)61/h3-9,22,29-30H,10-21,23-24H2,1-2H3,(H,47,57)(H,48,59)(H,51,60)(H,52,58,61)(H4,45,46,49,53,54). The number of aromatic nitrogens is 4. The number of fused-ring (bicyclic) bond motifs is 2. The Labute approximate surface area is 394 Å². The van der Waals surface area contributed by atoms with E-state index in [1.54, 1.807) is 30.5 Å². The highest BCUT2D eigenvalue weighted by molar-refractivity contribution is 6.24. The Balaban J connectivity index is 0.781. The molecule has 2 aliphatic heterocycles. The lowest BCUT2D eigenvalue weighted by Gasteiger charge is -2.27. The molecule has 25 nitrogen and oxygen atoms in total. The van der Waals surface area contributed by atoms with E-state index in [1.807, 2.05) is 11.9 Å². The largest absolute Gasteiger partial charge is 0.483 e. The summed E-state index contributed by atoms with van der Waals surface area (Å²) in [6.45, 7) is 1.65. The van der Waals surface area contributed by atoms with E-state index in [-0.39, 0.29) is 124 Å². The van der Waals surface area contributed by atoms with Crippen LogP contribution in [0.3, 0.4) is 0 Å². The number of methoxy groups -OCH3 is 1. The van der Waals surface area contributed by atoms with E-state index >= 15 is 0 Å². The topological polar surface area (TPSA) is 341 Å². The Bertz CT molecular complexity index is 2560. The summed E-state index contributed by atoms with van der Waals surface area (Å²) in [5.41, 5.74) is 13.8. The van der Waals surface area contributed by atoms with E-state index in [0.717, 1.165) is 10.6 Å². The van der Waals surface area contributed by atoms with Gasteiger partial charge in [0.2, 0.25) is 23.7 Å². The zero-order valence-electron chi connectivity index (χ0n) is 37.8. The first kappa shape index (κ1) is 50.5. The van der Waals surface area contributed by atoms with Crippen molar-refractivity contribution in [1.29, 1.82) is 0 Å². The molecule has 0 radical (unpaired) electrons. The minimum atomic E-state index is -1.13. The predicted octanol–water partition coefficient (Wildman–Crippen LogP) is -0.965. The molecule has 2 atom stereocenters. The van der Waals surface area contributed by atoms with Crippen LogP contribution in [0.4, 0.5) is 17.5 Å². The van der Waals surface area contributed by atoms with Gasteiger partial charge in [-0.1, -0.05) is 6.07 Å². The van der Waals surface area contributed by atoms with Crippen LogP contribution in [0.2, 0.25) is 0 Å². The molecule has 1 fully saturated rings. The lowest BCUT2D eigenvalue weighted by atomic mass is 10.0. The summed E-state index contributed by atoms with van der Waals surface area (Å²) in [6, 6.07) is 8.84. The number of hydrogen-bond acceptors (Lipinski definition) is 20. The molecule has 1 saturated heterocycles. The lowest BCUT2D eigenvalue weighted by molar-refractivity contribution is -0.143. The van der Waals surface area contributed by atoms with Gasteiger partial charge in [-0.15, -0.1) is 0 Å². The quantitative estimate of drug-likeness (QED) is 0.0264. The highest BCUT2D eigenvalue weighted by Gasteiger charge is 2.46. The number of nitrogens with zero attached hydrogens (tertiary/aromatic N) is 6. The molecule has 0 bridgehead atoms. The molecule has 2 aromatic heterocycles. The third-order valence-electron chi connectivity index (χ3n) is 10.6. The summed E-state index contributed by atoms with van der Waals surface area (Å²) in [4.78, 5) is 120. The number of anilines is 3. The Morgan fingerprint density at radius 2 is 1.55 bits per heavy atom. The van der Waals surface area contributed by atoms with Crippen LogP contribution >= 0.6 is 0 Å². The van der Waals surface area contributed by atoms with Crippen LogP contribution in [0, 0.1) is 0 Å². The molecule has 4 heterocycles. The number of nitrogens with two attached hydrogens (primary N) is 2. The molecule has 2 aromatic carbocycles. The second-order valence-electron chi connectivity index (χ2n) is 15.4. The molecule has 8 N–H and O–H groups in total. The summed E-state index contributed by atoms with van der Waals surface area (Å²) >= 11 is 0. The molecule has 2 unspecified atom stereocenters. The minimum Gasteiger partial charge on any atom is -0.483 e. The lowest BCUT2D eigenvalue weighted by Crippen LogP contribution is -2.54. The van der Waals surface area contributed by atoms with Crippen molar-refractivity contribution in [3.63, 3.8) is 0 Å². The highest BCUT2D eigenvalue weighted by Crippen LogP contribution is 2.33. The number of nitrogen functional groups attached to an aromatic ring is 2.